The van der Waals surface area contributed by atoms with Crippen LogP contribution in [0.5, 0.6) is 5.75 Å². The van der Waals surface area contributed by atoms with Crippen LogP contribution in [0.2, 0.25) is 0 Å². The van der Waals surface area contributed by atoms with Crippen LogP contribution in [0.1, 0.15) is 5.56 Å². The summed E-state index contributed by atoms with van der Waals surface area (Å²) in [6, 6.07) is 11.7. The van der Waals surface area contributed by atoms with Crippen molar-refractivity contribution in [2.24, 2.45) is 0 Å². The van der Waals surface area contributed by atoms with E-state index in [0.29, 0.717) is 13.1 Å². The number of aryl methyl sites for hydroxylation is 1. The summed E-state index contributed by atoms with van der Waals surface area (Å²) >= 11 is 0. The molecule has 7 heteroatoms. The molecule has 2 heterocycles. The Morgan fingerprint density at radius 3 is 2.50 bits per heavy atom. The molecule has 0 atom stereocenters. The monoisotopic (exact) mass is 355 g/mol. The molecule has 0 saturated carbocycles. The zero-order valence-electron chi connectivity index (χ0n) is 15.6. The van der Waals surface area contributed by atoms with E-state index < -0.39 is 0 Å². The van der Waals surface area contributed by atoms with E-state index >= 15 is 0 Å². The highest BCUT2D eigenvalue weighted by Crippen LogP contribution is 2.16. The van der Waals surface area contributed by atoms with Crippen LogP contribution in [0.15, 0.2) is 36.4 Å². The SMILES string of the molecule is Cc1cccc(OCC(=O)N2CCN(c3ccc(N(C)C)nn3)CC2)c1. The Bertz CT molecular complexity index is 740. The molecule has 1 saturated heterocycles. The second-order valence-corrected chi connectivity index (χ2v) is 6.62. The normalized spacial score (nSPS) is 14.3. The first-order valence-corrected chi connectivity index (χ1v) is 8.76. The topological polar surface area (TPSA) is 61.8 Å². The van der Waals surface area contributed by atoms with Gasteiger partial charge in [0.2, 0.25) is 0 Å². The molecule has 0 radical (unpaired) electrons. The van der Waals surface area contributed by atoms with E-state index in [4.69, 9.17) is 4.74 Å². The number of ether oxygens (including phenoxy) is 1. The summed E-state index contributed by atoms with van der Waals surface area (Å²) < 4.78 is 5.62. The van der Waals surface area contributed by atoms with Crippen LogP contribution in [0.3, 0.4) is 0 Å². The van der Waals surface area contributed by atoms with Crippen LogP contribution in [0.4, 0.5) is 11.6 Å². The Morgan fingerprint density at radius 1 is 1.12 bits per heavy atom. The number of nitrogens with zero attached hydrogens (tertiary/aromatic N) is 5. The highest BCUT2D eigenvalue weighted by atomic mass is 16.5. The maximum absolute atomic E-state index is 12.4. The molecule has 2 aromatic rings. The molecular weight excluding hydrogens is 330 g/mol. The summed E-state index contributed by atoms with van der Waals surface area (Å²) in [4.78, 5) is 18.3. The van der Waals surface area contributed by atoms with Gasteiger partial charge in [0.15, 0.2) is 18.2 Å². The second kappa shape index (κ2) is 8.03. The third-order valence-electron chi connectivity index (χ3n) is 4.40. The minimum absolute atomic E-state index is 0.0141. The molecule has 0 N–H and O–H groups in total. The third kappa shape index (κ3) is 4.41. The summed E-state index contributed by atoms with van der Waals surface area (Å²) in [7, 11) is 3.87. The minimum Gasteiger partial charge on any atom is -0.484 e. The molecule has 1 amide bonds. The van der Waals surface area contributed by atoms with Crippen molar-refractivity contribution in [2.45, 2.75) is 6.92 Å². The number of piperazine rings is 1. The Labute approximate surface area is 154 Å². The van der Waals surface area contributed by atoms with Gasteiger partial charge in [-0.25, -0.2) is 0 Å². The standard InChI is InChI=1S/C19H25N5O2/c1-15-5-4-6-16(13-15)26-14-19(25)24-11-9-23(10-12-24)18-8-7-17(20-21-18)22(2)3/h4-8,13H,9-12,14H2,1-3H3. The molecule has 0 bridgehead atoms. The maximum atomic E-state index is 12.4. The van der Waals surface area contributed by atoms with Crippen LogP contribution < -0.4 is 14.5 Å². The third-order valence-corrected chi connectivity index (χ3v) is 4.40. The summed E-state index contributed by atoms with van der Waals surface area (Å²) in [5.74, 6) is 2.42. The average Bonchev–Trinajstić information content (AvgIpc) is 2.66. The predicted molar refractivity (Wildman–Crippen MR) is 102 cm³/mol. The van der Waals surface area contributed by atoms with Gasteiger partial charge in [-0.3, -0.25) is 4.79 Å². The number of hydrogen-bond donors (Lipinski definition) is 0. The molecule has 1 fully saturated rings. The van der Waals surface area contributed by atoms with Crippen LogP contribution in [-0.4, -0.2) is 67.9 Å². The van der Waals surface area contributed by atoms with Crippen molar-refractivity contribution in [1.29, 1.82) is 0 Å². The lowest BCUT2D eigenvalue weighted by Crippen LogP contribution is -2.50. The van der Waals surface area contributed by atoms with Crippen molar-refractivity contribution in [2.75, 3.05) is 56.7 Å². The molecule has 26 heavy (non-hydrogen) atoms. The summed E-state index contributed by atoms with van der Waals surface area (Å²) in [5, 5.41) is 8.50. The van der Waals surface area contributed by atoms with Crippen molar-refractivity contribution < 1.29 is 9.53 Å². The van der Waals surface area contributed by atoms with Gasteiger partial charge in [0, 0.05) is 40.3 Å². The fourth-order valence-electron chi connectivity index (χ4n) is 2.85. The van der Waals surface area contributed by atoms with E-state index in [1.165, 1.54) is 0 Å². The van der Waals surface area contributed by atoms with Crippen molar-refractivity contribution >= 4 is 17.5 Å². The highest BCUT2D eigenvalue weighted by molar-refractivity contribution is 5.78. The Morgan fingerprint density at radius 2 is 1.88 bits per heavy atom. The molecule has 138 valence electrons. The number of carbonyl (C=O) groups excluding carboxylic acids is 1. The van der Waals surface area contributed by atoms with E-state index in [0.717, 1.165) is 36.0 Å². The molecule has 7 nitrogen and oxygen atoms in total. The van der Waals surface area contributed by atoms with Gasteiger partial charge in [-0.15, -0.1) is 10.2 Å². The fourth-order valence-corrected chi connectivity index (χ4v) is 2.85. The van der Waals surface area contributed by atoms with Crippen molar-refractivity contribution in [3.8, 4) is 5.75 Å². The summed E-state index contributed by atoms with van der Waals surface area (Å²) in [5.41, 5.74) is 1.12. The van der Waals surface area contributed by atoms with Gasteiger partial charge < -0.3 is 19.4 Å². The van der Waals surface area contributed by atoms with Crippen molar-refractivity contribution in [1.82, 2.24) is 15.1 Å². The van der Waals surface area contributed by atoms with Crippen LogP contribution in [0, 0.1) is 6.92 Å². The molecule has 1 aromatic heterocycles. The lowest BCUT2D eigenvalue weighted by molar-refractivity contribution is -0.133. The quantitative estimate of drug-likeness (QED) is 0.812. The van der Waals surface area contributed by atoms with E-state index in [2.05, 4.69) is 15.1 Å². The van der Waals surface area contributed by atoms with Gasteiger partial charge in [-0.1, -0.05) is 12.1 Å². The molecule has 3 rings (SSSR count). The minimum atomic E-state index is 0.0141. The number of rotatable bonds is 5. The predicted octanol–water partition coefficient (Wildman–Crippen LogP) is 1.58. The van der Waals surface area contributed by atoms with E-state index in [1.54, 1.807) is 0 Å². The molecule has 0 spiro atoms. The van der Waals surface area contributed by atoms with Crippen molar-refractivity contribution in [3.63, 3.8) is 0 Å². The summed E-state index contributed by atoms with van der Waals surface area (Å²) in [6.45, 7) is 4.88. The number of amides is 1. The van der Waals surface area contributed by atoms with Crippen LogP contribution >= 0.6 is 0 Å². The zero-order valence-corrected chi connectivity index (χ0v) is 15.6. The smallest absolute Gasteiger partial charge is 0.260 e. The zero-order chi connectivity index (χ0) is 18.5. The molecule has 0 unspecified atom stereocenters. The number of carbonyl (C=O) groups is 1. The van der Waals surface area contributed by atoms with Gasteiger partial charge in [0.1, 0.15) is 5.75 Å². The van der Waals surface area contributed by atoms with E-state index in [9.17, 15) is 4.79 Å². The molecule has 1 aromatic carbocycles. The first-order chi connectivity index (χ1) is 12.5. The lowest BCUT2D eigenvalue weighted by atomic mass is 10.2. The largest absolute Gasteiger partial charge is 0.484 e. The van der Waals surface area contributed by atoms with Crippen molar-refractivity contribution in [3.05, 3.63) is 42.0 Å². The molecule has 1 aliphatic rings. The molecule has 0 aliphatic carbocycles. The van der Waals surface area contributed by atoms with Gasteiger partial charge >= 0.3 is 0 Å². The molecular formula is C19H25N5O2. The number of hydrogen-bond acceptors (Lipinski definition) is 6. The van der Waals surface area contributed by atoms with Gasteiger partial charge in [-0.05, 0) is 36.8 Å². The Balaban J connectivity index is 1.49. The number of aromatic nitrogens is 2. The second-order valence-electron chi connectivity index (χ2n) is 6.62. The van der Waals surface area contributed by atoms with Crippen LogP contribution in [0.25, 0.3) is 0 Å². The fraction of sp³-hybridized carbons (Fsp3) is 0.421. The first kappa shape index (κ1) is 18.0. The van der Waals surface area contributed by atoms with Gasteiger partial charge in [-0.2, -0.15) is 0 Å². The highest BCUT2D eigenvalue weighted by Gasteiger charge is 2.22. The van der Waals surface area contributed by atoms with E-state index in [-0.39, 0.29) is 12.5 Å². The van der Waals surface area contributed by atoms with Gasteiger partial charge in [0.05, 0.1) is 0 Å². The first-order valence-electron chi connectivity index (χ1n) is 8.76. The van der Waals surface area contributed by atoms with E-state index in [1.807, 2.05) is 67.2 Å². The molecule has 1 aliphatic heterocycles. The van der Waals surface area contributed by atoms with Crippen LogP contribution in [-0.2, 0) is 4.79 Å². The Kier molecular flexibility index (Phi) is 5.55. The Hall–Kier alpha value is -2.83. The maximum Gasteiger partial charge on any atom is 0.260 e. The number of anilines is 2. The number of benzene rings is 1. The summed E-state index contributed by atoms with van der Waals surface area (Å²) in [6.07, 6.45) is 0. The van der Waals surface area contributed by atoms with Gasteiger partial charge in [0.25, 0.3) is 5.91 Å². The lowest BCUT2D eigenvalue weighted by Gasteiger charge is -2.35. The average molecular weight is 355 g/mol.